The average molecular weight is 315 g/mol. The molecule has 0 atom stereocenters. The number of anilines is 2. The van der Waals surface area contributed by atoms with Crippen LogP contribution >= 0.6 is 0 Å². The van der Waals surface area contributed by atoms with E-state index in [1.165, 1.54) is 6.92 Å². The second-order valence-corrected chi connectivity index (χ2v) is 6.43. The van der Waals surface area contributed by atoms with Gasteiger partial charge in [0, 0.05) is 23.7 Å². The molecule has 0 bridgehead atoms. The van der Waals surface area contributed by atoms with Crippen molar-refractivity contribution >= 4 is 23.2 Å². The molecule has 6 heteroatoms. The zero-order valence-corrected chi connectivity index (χ0v) is 14.0. The molecular weight excluding hydrogens is 294 g/mol. The van der Waals surface area contributed by atoms with E-state index in [1.807, 2.05) is 20.8 Å². The largest absolute Gasteiger partial charge is 0.361 e. The Bertz CT molecular complexity index is 742. The highest BCUT2D eigenvalue weighted by Gasteiger charge is 2.28. The number of amides is 2. The molecule has 2 amide bonds. The van der Waals surface area contributed by atoms with E-state index < -0.39 is 0 Å². The summed E-state index contributed by atoms with van der Waals surface area (Å²) in [5, 5.41) is 9.51. The first-order valence-electron chi connectivity index (χ1n) is 7.34. The van der Waals surface area contributed by atoms with Crippen LogP contribution in [0.15, 0.2) is 28.8 Å². The van der Waals surface area contributed by atoms with Crippen LogP contribution in [0, 0.1) is 6.92 Å². The molecule has 0 saturated heterocycles. The summed E-state index contributed by atoms with van der Waals surface area (Å²) in [5.74, 6) is 0.0254. The molecule has 122 valence electrons. The summed E-state index contributed by atoms with van der Waals surface area (Å²) in [6.07, 6.45) is 0. The first-order valence-corrected chi connectivity index (χ1v) is 7.34. The Balaban J connectivity index is 2.27. The van der Waals surface area contributed by atoms with Crippen LogP contribution in [-0.4, -0.2) is 17.0 Å². The number of nitrogens with one attached hydrogen (secondary N) is 2. The Kier molecular flexibility index (Phi) is 4.54. The van der Waals surface area contributed by atoms with E-state index in [2.05, 4.69) is 15.8 Å². The van der Waals surface area contributed by atoms with Crippen LogP contribution in [0.25, 0.3) is 0 Å². The minimum Gasteiger partial charge on any atom is -0.361 e. The van der Waals surface area contributed by atoms with Gasteiger partial charge >= 0.3 is 0 Å². The fourth-order valence-electron chi connectivity index (χ4n) is 2.22. The molecule has 0 saturated carbocycles. The van der Waals surface area contributed by atoms with Gasteiger partial charge in [-0.25, -0.2) is 0 Å². The SMILES string of the molecule is CC(=O)Nc1cccc(NC(=O)c2c(C(C)(C)C)noc2C)c1. The highest BCUT2D eigenvalue weighted by atomic mass is 16.5. The number of hydrogen-bond donors (Lipinski definition) is 2. The summed E-state index contributed by atoms with van der Waals surface area (Å²) < 4.78 is 5.19. The number of benzene rings is 1. The second-order valence-electron chi connectivity index (χ2n) is 6.43. The highest BCUT2D eigenvalue weighted by molar-refractivity contribution is 6.06. The molecule has 2 N–H and O–H groups in total. The summed E-state index contributed by atoms with van der Waals surface area (Å²) in [6.45, 7) is 9.06. The molecule has 0 aliphatic heterocycles. The lowest BCUT2D eigenvalue weighted by Gasteiger charge is -2.16. The van der Waals surface area contributed by atoms with Crippen LogP contribution in [0.1, 0.15) is 49.5 Å². The maximum Gasteiger partial charge on any atom is 0.261 e. The van der Waals surface area contributed by atoms with E-state index in [9.17, 15) is 9.59 Å². The van der Waals surface area contributed by atoms with Crippen molar-refractivity contribution in [1.29, 1.82) is 0 Å². The Labute approximate surface area is 135 Å². The lowest BCUT2D eigenvalue weighted by Crippen LogP contribution is -2.21. The molecule has 2 rings (SSSR count). The van der Waals surface area contributed by atoms with Crippen molar-refractivity contribution in [2.75, 3.05) is 10.6 Å². The van der Waals surface area contributed by atoms with Gasteiger partial charge in [-0.1, -0.05) is 32.0 Å². The number of aryl methyl sites for hydroxylation is 1. The molecule has 1 aromatic heterocycles. The molecule has 0 unspecified atom stereocenters. The molecule has 1 aromatic carbocycles. The molecule has 0 spiro atoms. The first-order chi connectivity index (χ1) is 10.7. The van der Waals surface area contributed by atoms with Gasteiger partial charge in [0.05, 0.1) is 0 Å². The molecule has 0 aliphatic rings. The van der Waals surface area contributed by atoms with Crippen molar-refractivity contribution < 1.29 is 14.1 Å². The van der Waals surface area contributed by atoms with Gasteiger partial charge in [-0.3, -0.25) is 9.59 Å². The number of carbonyl (C=O) groups is 2. The van der Waals surface area contributed by atoms with Gasteiger partial charge in [0.2, 0.25) is 5.91 Å². The van der Waals surface area contributed by atoms with Crippen molar-refractivity contribution in [3.63, 3.8) is 0 Å². The topological polar surface area (TPSA) is 84.2 Å². The Morgan fingerprint density at radius 3 is 2.30 bits per heavy atom. The monoisotopic (exact) mass is 315 g/mol. The Hall–Kier alpha value is -2.63. The summed E-state index contributed by atoms with van der Waals surface area (Å²) >= 11 is 0. The van der Waals surface area contributed by atoms with Gasteiger partial charge in [-0.15, -0.1) is 0 Å². The normalized spacial score (nSPS) is 11.2. The fraction of sp³-hybridized carbons (Fsp3) is 0.353. The van der Waals surface area contributed by atoms with E-state index in [-0.39, 0.29) is 17.2 Å². The predicted octanol–water partition coefficient (Wildman–Crippen LogP) is 3.49. The van der Waals surface area contributed by atoms with Crippen LogP contribution in [-0.2, 0) is 10.2 Å². The van der Waals surface area contributed by atoms with Crippen LogP contribution in [0.2, 0.25) is 0 Å². The third kappa shape index (κ3) is 3.97. The number of aromatic nitrogens is 1. The third-order valence-electron chi connectivity index (χ3n) is 3.24. The zero-order chi connectivity index (χ0) is 17.2. The van der Waals surface area contributed by atoms with Crippen LogP contribution < -0.4 is 10.6 Å². The van der Waals surface area contributed by atoms with Crippen molar-refractivity contribution in [2.24, 2.45) is 0 Å². The fourth-order valence-corrected chi connectivity index (χ4v) is 2.22. The van der Waals surface area contributed by atoms with Gasteiger partial charge < -0.3 is 15.2 Å². The Morgan fingerprint density at radius 2 is 1.74 bits per heavy atom. The molecule has 23 heavy (non-hydrogen) atoms. The van der Waals surface area contributed by atoms with Crippen LogP contribution in [0.3, 0.4) is 0 Å². The molecule has 2 aromatic rings. The molecule has 0 fully saturated rings. The predicted molar refractivity (Wildman–Crippen MR) is 88.6 cm³/mol. The van der Waals surface area contributed by atoms with E-state index in [0.717, 1.165) is 0 Å². The smallest absolute Gasteiger partial charge is 0.261 e. The van der Waals surface area contributed by atoms with Crippen molar-refractivity contribution in [1.82, 2.24) is 5.16 Å². The highest BCUT2D eigenvalue weighted by Crippen LogP contribution is 2.27. The third-order valence-corrected chi connectivity index (χ3v) is 3.24. The Morgan fingerprint density at radius 1 is 1.13 bits per heavy atom. The summed E-state index contributed by atoms with van der Waals surface area (Å²) in [6, 6.07) is 6.95. The zero-order valence-electron chi connectivity index (χ0n) is 14.0. The van der Waals surface area contributed by atoms with Crippen LogP contribution in [0.4, 0.5) is 11.4 Å². The quantitative estimate of drug-likeness (QED) is 0.908. The number of hydrogen-bond acceptors (Lipinski definition) is 4. The van der Waals surface area contributed by atoms with Crippen molar-refractivity contribution in [3.05, 3.63) is 41.3 Å². The first kappa shape index (κ1) is 16.7. The summed E-state index contributed by atoms with van der Waals surface area (Å²) in [7, 11) is 0. The molecule has 0 aliphatic carbocycles. The molecule has 1 heterocycles. The molecule has 6 nitrogen and oxygen atoms in total. The van der Waals surface area contributed by atoms with Crippen molar-refractivity contribution in [2.45, 2.75) is 40.0 Å². The van der Waals surface area contributed by atoms with Gasteiger partial charge in [0.15, 0.2) is 0 Å². The number of nitrogens with zero attached hydrogens (tertiary/aromatic N) is 1. The maximum atomic E-state index is 12.6. The van der Waals surface area contributed by atoms with E-state index >= 15 is 0 Å². The minimum atomic E-state index is -0.303. The van der Waals surface area contributed by atoms with E-state index in [4.69, 9.17) is 4.52 Å². The molecular formula is C17H21N3O3. The van der Waals surface area contributed by atoms with E-state index in [0.29, 0.717) is 28.4 Å². The number of carbonyl (C=O) groups excluding carboxylic acids is 2. The van der Waals surface area contributed by atoms with Crippen molar-refractivity contribution in [3.8, 4) is 0 Å². The minimum absolute atomic E-state index is 0.168. The summed E-state index contributed by atoms with van der Waals surface area (Å²) in [4.78, 5) is 23.7. The number of rotatable bonds is 3. The molecule has 0 radical (unpaired) electrons. The van der Waals surface area contributed by atoms with Gasteiger partial charge in [0.25, 0.3) is 5.91 Å². The lowest BCUT2D eigenvalue weighted by atomic mass is 9.88. The van der Waals surface area contributed by atoms with E-state index in [1.54, 1.807) is 31.2 Å². The lowest BCUT2D eigenvalue weighted by molar-refractivity contribution is -0.114. The van der Waals surface area contributed by atoms with Crippen LogP contribution in [0.5, 0.6) is 0 Å². The summed E-state index contributed by atoms with van der Waals surface area (Å²) in [5.41, 5.74) is 1.96. The van der Waals surface area contributed by atoms with Gasteiger partial charge in [0.1, 0.15) is 17.0 Å². The second kappa shape index (κ2) is 6.24. The maximum absolute atomic E-state index is 12.6. The standard InChI is InChI=1S/C17H21N3O3/c1-10-14(15(20-23-10)17(3,4)5)16(22)19-13-8-6-7-12(9-13)18-11(2)21/h6-9H,1-5H3,(H,18,21)(H,19,22). The van der Waals surface area contributed by atoms with Gasteiger partial charge in [-0.05, 0) is 25.1 Å². The average Bonchev–Trinajstić information content (AvgIpc) is 2.80. The van der Waals surface area contributed by atoms with Gasteiger partial charge in [-0.2, -0.15) is 0 Å².